The molecule has 0 aromatic heterocycles. The fourth-order valence-electron chi connectivity index (χ4n) is 2.75. The first-order chi connectivity index (χ1) is 13.8. The minimum atomic E-state index is -3.90. The van der Waals surface area contributed by atoms with Gasteiger partial charge in [0.15, 0.2) is 0 Å². The Bertz CT molecular complexity index is 1070. The van der Waals surface area contributed by atoms with Gasteiger partial charge in [-0.3, -0.25) is 4.79 Å². The molecule has 0 saturated carbocycles. The van der Waals surface area contributed by atoms with Gasteiger partial charge in [-0.25, -0.2) is 8.42 Å². The lowest BCUT2D eigenvalue weighted by molar-refractivity contribution is -0.117. The van der Waals surface area contributed by atoms with E-state index in [-0.39, 0.29) is 11.3 Å². The van der Waals surface area contributed by atoms with Gasteiger partial charge >= 0.3 is 0 Å². The maximum atomic E-state index is 12.9. The second-order valence-electron chi connectivity index (χ2n) is 6.32. The third-order valence-electron chi connectivity index (χ3n) is 4.08. The number of nitrogens with one attached hydrogen (secondary N) is 2. The zero-order valence-corrected chi connectivity index (χ0v) is 17.5. The zero-order valence-electron chi connectivity index (χ0n) is 15.2. The molecule has 3 aromatic rings. The summed E-state index contributed by atoms with van der Waals surface area (Å²) >= 11 is 12.0. The molecule has 8 heteroatoms. The number of hydrogen-bond donors (Lipinski definition) is 2. The molecule has 0 bridgehead atoms. The Balaban J connectivity index is 1.87. The first-order valence-electron chi connectivity index (χ1n) is 8.72. The smallest absolute Gasteiger partial charge is 0.242 e. The maximum absolute atomic E-state index is 12.9. The molecule has 29 heavy (non-hydrogen) atoms. The van der Waals surface area contributed by atoms with E-state index in [1.807, 2.05) is 30.3 Å². The standard InChI is InChI=1S/C21H18Cl2N2O3S/c22-16-12-17(23)14-18(13-16)24-21(26)20(11-15-7-3-1-4-8-15)25-29(27,28)19-9-5-2-6-10-19/h1-10,12-14,20,25H,11H2,(H,24,26)/t20-/m1/s1. The van der Waals surface area contributed by atoms with Gasteiger partial charge in [0.05, 0.1) is 4.90 Å². The normalized spacial score (nSPS) is 12.3. The molecule has 0 radical (unpaired) electrons. The highest BCUT2D eigenvalue weighted by Crippen LogP contribution is 2.23. The molecule has 0 aliphatic carbocycles. The molecular weight excluding hydrogens is 431 g/mol. The molecule has 1 atom stereocenters. The molecule has 5 nitrogen and oxygen atoms in total. The fourth-order valence-corrected chi connectivity index (χ4v) is 4.49. The summed E-state index contributed by atoms with van der Waals surface area (Å²) in [6, 6.07) is 20.6. The quantitative estimate of drug-likeness (QED) is 0.557. The second-order valence-corrected chi connectivity index (χ2v) is 8.91. The topological polar surface area (TPSA) is 75.3 Å². The van der Waals surface area contributed by atoms with Crippen molar-refractivity contribution in [2.75, 3.05) is 5.32 Å². The van der Waals surface area contributed by atoms with Gasteiger partial charge in [-0.1, -0.05) is 71.7 Å². The number of sulfonamides is 1. The van der Waals surface area contributed by atoms with E-state index < -0.39 is 22.0 Å². The fraction of sp³-hybridized carbons (Fsp3) is 0.0952. The molecule has 0 heterocycles. The summed E-state index contributed by atoms with van der Waals surface area (Å²) in [5.41, 5.74) is 1.19. The van der Waals surface area contributed by atoms with Crippen molar-refractivity contribution in [1.29, 1.82) is 0 Å². The summed E-state index contributed by atoms with van der Waals surface area (Å²) in [5.74, 6) is -0.522. The molecular formula is C21H18Cl2N2O3S. The molecule has 3 rings (SSSR count). The number of benzene rings is 3. The highest BCUT2D eigenvalue weighted by Gasteiger charge is 2.26. The number of halogens is 2. The van der Waals surface area contributed by atoms with Gasteiger partial charge in [0.2, 0.25) is 15.9 Å². The first kappa shape index (κ1) is 21.3. The average molecular weight is 449 g/mol. The largest absolute Gasteiger partial charge is 0.325 e. The Labute approximate surface area is 179 Å². The summed E-state index contributed by atoms with van der Waals surface area (Å²) in [6.07, 6.45) is 0.174. The number of amides is 1. The van der Waals surface area contributed by atoms with Crippen LogP contribution in [0.5, 0.6) is 0 Å². The molecule has 0 spiro atoms. The third kappa shape index (κ3) is 6.05. The number of hydrogen-bond acceptors (Lipinski definition) is 3. The number of anilines is 1. The van der Waals surface area contributed by atoms with Crippen molar-refractivity contribution in [3.63, 3.8) is 0 Å². The van der Waals surface area contributed by atoms with E-state index in [0.717, 1.165) is 5.56 Å². The molecule has 150 valence electrons. The first-order valence-corrected chi connectivity index (χ1v) is 11.0. The predicted molar refractivity (Wildman–Crippen MR) is 116 cm³/mol. The van der Waals surface area contributed by atoms with Crippen LogP contribution in [-0.2, 0) is 21.2 Å². The van der Waals surface area contributed by atoms with Crippen LogP contribution in [0.15, 0.2) is 83.8 Å². The molecule has 0 saturated heterocycles. The summed E-state index contributed by atoms with van der Waals surface area (Å²) in [4.78, 5) is 13.0. The number of carbonyl (C=O) groups excluding carboxylic acids is 1. The predicted octanol–water partition coefficient (Wildman–Crippen LogP) is 4.52. The van der Waals surface area contributed by atoms with E-state index in [2.05, 4.69) is 10.0 Å². The van der Waals surface area contributed by atoms with Crippen LogP contribution in [0.25, 0.3) is 0 Å². The molecule has 2 N–H and O–H groups in total. The van der Waals surface area contributed by atoms with Crippen molar-refractivity contribution in [1.82, 2.24) is 4.72 Å². The molecule has 0 aliphatic heterocycles. The van der Waals surface area contributed by atoms with Gasteiger partial charge in [0, 0.05) is 15.7 Å². The van der Waals surface area contributed by atoms with E-state index in [4.69, 9.17) is 23.2 Å². The van der Waals surface area contributed by atoms with Crippen LogP contribution in [0.2, 0.25) is 10.0 Å². The summed E-state index contributed by atoms with van der Waals surface area (Å²) in [5, 5.41) is 3.40. The zero-order chi connectivity index (χ0) is 20.9. The molecule has 1 amide bonds. The van der Waals surface area contributed by atoms with Crippen LogP contribution in [0.4, 0.5) is 5.69 Å². The molecule has 0 aliphatic rings. The van der Waals surface area contributed by atoms with E-state index in [1.165, 1.54) is 24.3 Å². The maximum Gasteiger partial charge on any atom is 0.242 e. The summed E-state index contributed by atoms with van der Waals surface area (Å²) in [7, 11) is -3.90. The van der Waals surface area contributed by atoms with Gasteiger partial charge in [-0.2, -0.15) is 4.72 Å². The van der Waals surface area contributed by atoms with Gasteiger partial charge in [-0.05, 0) is 42.3 Å². The van der Waals surface area contributed by atoms with Crippen LogP contribution >= 0.6 is 23.2 Å². The highest BCUT2D eigenvalue weighted by molar-refractivity contribution is 7.89. The van der Waals surface area contributed by atoms with Gasteiger partial charge in [-0.15, -0.1) is 0 Å². The Morgan fingerprint density at radius 1 is 0.862 bits per heavy atom. The summed E-state index contributed by atoms with van der Waals surface area (Å²) < 4.78 is 28.0. The lowest BCUT2D eigenvalue weighted by atomic mass is 10.1. The van der Waals surface area contributed by atoms with Crippen LogP contribution in [0.1, 0.15) is 5.56 Å². The monoisotopic (exact) mass is 448 g/mol. The van der Waals surface area contributed by atoms with Crippen molar-refractivity contribution in [2.45, 2.75) is 17.4 Å². The minimum Gasteiger partial charge on any atom is -0.325 e. The van der Waals surface area contributed by atoms with E-state index in [1.54, 1.807) is 24.3 Å². The Kier molecular flexibility index (Phi) is 6.92. The molecule has 3 aromatic carbocycles. The Hall–Kier alpha value is -2.38. The van der Waals surface area contributed by atoms with Gasteiger partial charge in [0.25, 0.3) is 0 Å². The Morgan fingerprint density at radius 2 is 1.41 bits per heavy atom. The van der Waals surface area contributed by atoms with Crippen molar-refractivity contribution in [3.8, 4) is 0 Å². The van der Waals surface area contributed by atoms with Crippen LogP contribution in [-0.4, -0.2) is 20.4 Å². The third-order valence-corrected chi connectivity index (χ3v) is 6.00. The SMILES string of the molecule is O=C(Nc1cc(Cl)cc(Cl)c1)[C@@H](Cc1ccccc1)NS(=O)(=O)c1ccccc1. The lowest BCUT2D eigenvalue weighted by Gasteiger charge is -2.19. The average Bonchev–Trinajstić information content (AvgIpc) is 2.68. The second kappa shape index (κ2) is 9.41. The van der Waals surface area contributed by atoms with Crippen LogP contribution in [0.3, 0.4) is 0 Å². The molecule has 0 unspecified atom stereocenters. The van der Waals surface area contributed by atoms with Crippen molar-refractivity contribution in [2.24, 2.45) is 0 Å². The van der Waals surface area contributed by atoms with Gasteiger partial charge < -0.3 is 5.32 Å². The number of rotatable bonds is 7. The van der Waals surface area contributed by atoms with Crippen molar-refractivity contribution >= 4 is 44.8 Å². The highest BCUT2D eigenvalue weighted by atomic mass is 35.5. The van der Waals surface area contributed by atoms with Crippen LogP contribution < -0.4 is 10.0 Å². The van der Waals surface area contributed by atoms with Gasteiger partial charge in [0.1, 0.15) is 6.04 Å². The van der Waals surface area contributed by atoms with E-state index in [0.29, 0.717) is 15.7 Å². The van der Waals surface area contributed by atoms with Crippen molar-refractivity contribution < 1.29 is 13.2 Å². The van der Waals surface area contributed by atoms with E-state index >= 15 is 0 Å². The minimum absolute atomic E-state index is 0.0802. The van der Waals surface area contributed by atoms with Crippen LogP contribution in [0, 0.1) is 0 Å². The van der Waals surface area contributed by atoms with Crippen molar-refractivity contribution in [3.05, 3.63) is 94.5 Å². The lowest BCUT2D eigenvalue weighted by Crippen LogP contribution is -2.45. The number of carbonyl (C=O) groups is 1. The van der Waals surface area contributed by atoms with E-state index in [9.17, 15) is 13.2 Å². The summed E-state index contributed by atoms with van der Waals surface area (Å²) in [6.45, 7) is 0. The molecule has 0 fully saturated rings. The Morgan fingerprint density at radius 3 is 2.00 bits per heavy atom.